The van der Waals surface area contributed by atoms with Crippen molar-refractivity contribution in [3.8, 4) is 0 Å². The number of aromatic nitrogens is 1. The first-order valence-electron chi connectivity index (χ1n) is 6.78. The summed E-state index contributed by atoms with van der Waals surface area (Å²) < 4.78 is 13.2. The van der Waals surface area contributed by atoms with Gasteiger partial charge in [-0.3, -0.25) is 4.79 Å². The summed E-state index contributed by atoms with van der Waals surface area (Å²) >= 11 is 0. The quantitative estimate of drug-likeness (QED) is 0.798. The van der Waals surface area contributed by atoms with E-state index in [2.05, 4.69) is 22.5 Å². The zero-order chi connectivity index (χ0) is 14.3. The first kappa shape index (κ1) is 15.4. The van der Waals surface area contributed by atoms with Crippen molar-refractivity contribution in [1.29, 1.82) is 0 Å². The van der Waals surface area contributed by atoms with Gasteiger partial charge in [0.05, 0.1) is 11.8 Å². The molecule has 0 saturated carbocycles. The minimum atomic E-state index is -0.504. The van der Waals surface area contributed by atoms with Crippen LogP contribution in [0.25, 0.3) is 0 Å². The molecule has 106 valence electrons. The van der Waals surface area contributed by atoms with E-state index < -0.39 is 5.82 Å². The van der Waals surface area contributed by atoms with E-state index in [4.69, 9.17) is 0 Å². The lowest BCUT2D eigenvalue weighted by Gasteiger charge is -2.15. The number of amides is 1. The Labute approximate surface area is 113 Å². The molecule has 19 heavy (non-hydrogen) atoms. The Morgan fingerprint density at radius 2 is 2.16 bits per heavy atom. The maximum atomic E-state index is 13.2. The van der Waals surface area contributed by atoms with Crippen molar-refractivity contribution in [1.82, 2.24) is 10.3 Å². The minimum absolute atomic E-state index is 0.0693. The fourth-order valence-electron chi connectivity index (χ4n) is 1.80. The van der Waals surface area contributed by atoms with Crippen LogP contribution in [-0.4, -0.2) is 23.5 Å². The zero-order valence-corrected chi connectivity index (χ0v) is 11.8. The van der Waals surface area contributed by atoms with Crippen molar-refractivity contribution in [3.63, 3.8) is 0 Å². The molecule has 0 aliphatic heterocycles. The fraction of sp³-hybridized carbons (Fsp3) is 0.571. The molecular weight excluding hydrogens is 245 g/mol. The van der Waals surface area contributed by atoms with Gasteiger partial charge in [-0.1, -0.05) is 20.3 Å². The van der Waals surface area contributed by atoms with E-state index >= 15 is 0 Å². The van der Waals surface area contributed by atoms with Gasteiger partial charge in [0.25, 0.3) is 5.91 Å². The van der Waals surface area contributed by atoms with Gasteiger partial charge in [0.2, 0.25) is 0 Å². The fourth-order valence-corrected chi connectivity index (χ4v) is 1.80. The number of pyridine rings is 1. The van der Waals surface area contributed by atoms with E-state index in [9.17, 15) is 9.18 Å². The Bertz CT molecular complexity index is 423. The molecule has 0 spiro atoms. The van der Waals surface area contributed by atoms with Gasteiger partial charge in [-0.15, -0.1) is 0 Å². The molecule has 4 nitrogen and oxygen atoms in total. The van der Waals surface area contributed by atoms with Crippen LogP contribution in [0.15, 0.2) is 12.3 Å². The van der Waals surface area contributed by atoms with Crippen molar-refractivity contribution >= 4 is 11.7 Å². The second kappa shape index (κ2) is 7.71. The number of carbonyl (C=O) groups is 1. The number of nitrogens with zero attached hydrogens (tertiary/aromatic N) is 1. The van der Waals surface area contributed by atoms with Crippen LogP contribution < -0.4 is 10.6 Å². The molecule has 0 aliphatic rings. The molecule has 0 saturated heterocycles. The van der Waals surface area contributed by atoms with Gasteiger partial charge in [-0.2, -0.15) is 0 Å². The van der Waals surface area contributed by atoms with Gasteiger partial charge in [-0.25, -0.2) is 9.37 Å². The summed E-state index contributed by atoms with van der Waals surface area (Å²) in [5, 5.41) is 5.89. The highest BCUT2D eigenvalue weighted by atomic mass is 19.1. The highest BCUT2D eigenvalue weighted by Crippen LogP contribution is 2.14. The number of nitrogens with one attached hydrogen (secondary N) is 2. The Hall–Kier alpha value is -1.65. The highest BCUT2D eigenvalue weighted by Gasteiger charge is 2.15. The zero-order valence-electron chi connectivity index (χ0n) is 11.8. The first-order chi connectivity index (χ1) is 9.08. The van der Waals surface area contributed by atoms with Crippen LogP contribution >= 0.6 is 0 Å². The van der Waals surface area contributed by atoms with Crippen molar-refractivity contribution in [2.45, 2.75) is 46.1 Å². The standard InChI is InChI=1S/C14H22FN3O/c1-4-6-10(3)18-14(19)12-8-11(15)9-17-13(12)16-7-5-2/h8-10H,4-7H2,1-3H3,(H,16,17)(H,18,19). The second-order valence-corrected chi connectivity index (χ2v) is 4.64. The third-order valence-corrected chi connectivity index (χ3v) is 2.74. The molecule has 0 aliphatic carbocycles. The molecule has 1 amide bonds. The molecule has 0 aromatic carbocycles. The summed E-state index contributed by atoms with van der Waals surface area (Å²) in [5.41, 5.74) is 0.261. The topological polar surface area (TPSA) is 54.0 Å². The van der Waals surface area contributed by atoms with Gasteiger partial charge in [0.15, 0.2) is 0 Å². The van der Waals surface area contributed by atoms with E-state index in [0.717, 1.165) is 25.5 Å². The summed E-state index contributed by atoms with van der Waals surface area (Å²) in [6, 6.07) is 1.29. The summed E-state index contributed by atoms with van der Waals surface area (Å²) in [6.45, 7) is 6.71. The van der Waals surface area contributed by atoms with Crippen LogP contribution in [0.2, 0.25) is 0 Å². The van der Waals surface area contributed by atoms with Crippen molar-refractivity contribution in [3.05, 3.63) is 23.6 Å². The van der Waals surface area contributed by atoms with E-state index in [0.29, 0.717) is 12.4 Å². The molecule has 1 unspecified atom stereocenters. The third-order valence-electron chi connectivity index (χ3n) is 2.74. The third kappa shape index (κ3) is 4.85. The molecule has 5 heteroatoms. The Morgan fingerprint density at radius 3 is 2.79 bits per heavy atom. The Morgan fingerprint density at radius 1 is 1.42 bits per heavy atom. The van der Waals surface area contributed by atoms with Crippen LogP contribution in [0.4, 0.5) is 10.2 Å². The number of halogens is 1. The Kier molecular flexibility index (Phi) is 6.25. The summed E-state index contributed by atoms with van der Waals surface area (Å²) in [7, 11) is 0. The van der Waals surface area contributed by atoms with Gasteiger partial charge in [0, 0.05) is 12.6 Å². The van der Waals surface area contributed by atoms with Crippen molar-refractivity contribution in [2.75, 3.05) is 11.9 Å². The molecule has 1 heterocycles. The lowest BCUT2D eigenvalue weighted by atomic mass is 10.1. The maximum absolute atomic E-state index is 13.2. The predicted octanol–water partition coefficient (Wildman–Crippen LogP) is 2.96. The second-order valence-electron chi connectivity index (χ2n) is 4.64. The number of rotatable bonds is 7. The molecule has 0 radical (unpaired) electrons. The van der Waals surface area contributed by atoms with Crippen LogP contribution in [0, 0.1) is 5.82 Å². The molecule has 1 rings (SSSR count). The van der Waals surface area contributed by atoms with Gasteiger partial charge in [0.1, 0.15) is 11.6 Å². The first-order valence-corrected chi connectivity index (χ1v) is 6.78. The number of carbonyl (C=O) groups excluding carboxylic acids is 1. The molecule has 0 fully saturated rings. The van der Waals surface area contributed by atoms with Crippen LogP contribution in [-0.2, 0) is 0 Å². The van der Waals surface area contributed by atoms with E-state index in [1.54, 1.807) is 0 Å². The van der Waals surface area contributed by atoms with Gasteiger partial charge < -0.3 is 10.6 Å². The van der Waals surface area contributed by atoms with Crippen LogP contribution in [0.3, 0.4) is 0 Å². The summed E-state index contributed by atoms with van der Waals surface area (Å²) in [4.78, 5) is 16.1. The largest absolute Gasteiger partial charge is 0.369 e. The van der Waals surface area contributed by atoms with Crippen LogP contribution in [0.5, 0.6) is 0 Å². The average Bonchev–Trinajstić information content (AvgIpc) is 2.37. The number of hydrogen-bond acceptors (Lipinski definition) is 3. The minimum Gasteiger partial charge on any atom is -0.369 e. The highest BCUT2D eigenvalue weighted by molar-refractivity contribution is 5.98. The molecule has 1 aromatic heterocycles. The maximum Gasteiger partial charge on any atom is 0.255 e. The van der Waals surface area contributed by atoms with Crippen molar-refractivity contribution in [2.24, 2.45) is 0 Å². The normalized spacial score (nSPS) is 12.0. The molecule has 1 atom stereocenters. The van der Waals surface area contributed by atoms with Gasteiger partial charge >= 0.3 is 0 Å². The molecule has 1 aromatic rings. The van der Waals surface area contributed by atoms with Crippen molar-refractivity contribution < 1.29 is 9.18 Å². The predicted molar refractivity (Wildman–Crippen MR) is 74.8 cm³/mol. The van der Waals surface area contributed by atoms with E-state index in [1.807, 2.05) is 13.8 Å². The number of anilines is 1. The summed E-state index contributed by atoms with van der Waals surface area (Å²) in [5.74, 6) is -0.355. The number of hydrogen-bond donors (Lipinski definition) is 2. The lowest BCUT2D eigenvalue weighted by molar-refractivity contribution is 0.0938. The summed E-state index contributed by atoms with van der Waals surface area (Å²) in [6.07, 6.45) is 3.91. The lowest BCUT2D eigenvalue weighted by Crippen LogP contribution is -2.33. The van der Waals surface area contributed by atoms with Gasteiger partial charge in [-0.05, 0) is 25.8 Å². The smallest absolute Gasteiger partial charge is 0.255 e. The van der Waals surface area contributed by atoms with E-state index in [1.165, 1.54) is 6.07 Å². The monoisotopic (exact) mass is 267 g/mol. The molecular formula is C14H22FN3O. The van der Waals surface area contributed by atoms with Crippen LogP contribution in [0.1, 0.15) is 50.4 Å². The SMILES string of the molecule is CCCNc1ncc(F)cc1C(=O)NC(C)CCC. The molecule has 2 N–H and O–H groups in total. The van der Waals surface area contributed by atoms with E-state index in [-0.39, 0.29) is 17.5 Å². The molecule has 0 bridgehead atoms. The Balaban J connectivity index is 2.84. The average molecular weight is 267 g/mol.